The highest BCUT2D eigenvalue weighted by atomic mass is 35.5. The molecule has 1 saturated carbocycles. The van der Waals surface area contributed by atoms with Gasteiger partial charge in [0.05, 0.1) is 22.3 Å². The number of benzene rings is 2. The Hall–Kier alpha value is -2.32. The van der Waals surface area contributed by atoms with Gasteiger partial charge >= 0.3 is 6.18 Å². The van der Waals surface area contributed by atoms with Crippen LogP contribution in [-0.4, -0.2) is 21.3 Å². The number of nitrogens with zero attached hydrogens (tertiary/aromatic N) is 4. The molecule has 4 rings (SSSR count). The van der Waals surface area contributed by atoms with Crippen LogP contribution in [0.5, 0.6) is 0 Å². The maximum Gasteiger partial charge on any atom is 0.416 e. The minimum Gasteiger partial charge on any atom is -0.332 e. The fraction of sp³-hybridized carbons (Fsp3) is 0.440. The highest BCUT2D eigenvalue weighted by Gasteiger charge is 2.33. The van der Waals surface area contributed by atoms with E-state index < -0.39 is 11.7 Å². The van der Waals surface area contributed by atoms with Crippen molar-refractivity contribution in [2.45, 2.75) is 58.7 Å². The first kappa shape index (κ1) is 27.3. The molecular formula is C25H28Cl2F4N4. The molecular weight excluding hydrogens is 503 g/mol. The molecule has 0 amide bonds. The summed E-state index contributed by atoms with van der Waals surface area (Å²) < 4.78 is 55.1. The maximum absolute atomic E-state index is 14.4. The van der Waals surface area contributed by atoms with E-state index in [0.717, 1.165) is 43.4 Å². The summed E-state index contributed by atoms with van der Waals surface area (Å²) in [6.45, 7) is 6.17. The third-order valence-corrected chi connectivity index (χ3v) is 6.50. The van der Waals surface area contributed by atoms with Gasteiger partial charge in [-0.25, -0.2) is 9.07 Å². The van der Waals surface area contributed by atoms with Crippen LogP contribution >= 0.6 is 24.0 Å². The molecule has 1 heterocycles. The zero-order chi connectivity index (χ0) is 24.6. The van der Waals surface area contributed by atoms with E-state index in [2.05, 4.69) is 15.0 Å². The molecule has 4 nitrogen and oxygen atoms in total. The molecule has 0 spiro atoms. The molecule has 0 radical (unpaired) electrons. The lowest BCUT2D eigenvalue weighted by atomic mass is 9.98. The fourth-order valence-corrected chi connectivity index (χ4v) is 4.41. The molecule has 1 unspecified atom stereocenters. The lowest BCUT2D eigenvalue weighted by molar-refractivity contribution is -0.137. The number of anilines is 1. The monoisotopic (exact) mass is 530 g/mol. The second-order valence-electron chi connectivity index (χ2n) is 8.93. The largest absolute Gasteiger partial charge is 0.416 e. The minimum atomic E-state index is -4.48. The second kappa shape index (κ2) is 10.7. The van der Waals surface area contributed by atoms with Gasteiger partial charge in [0, 0.05) is 6.54 Å². The summed E-state index contributed by atoms with van der Waals surface area (Å²) in [7, 11) is 0. The van der Waals surface area contributed by atoms with Crippen molar-refractivity contribution >= 4 is 30.0 Å². The van der Waals surface area contributed by atoms with Crippen LogP contribution in [0, 0.1) is 25.6 Å². The van der Waals surface area contributed by atoms with Gasteiger partial charge in [-0.2, -0.15) is 18.2 Å². The van der Waals surface area contributed by atoms with Crippen LogP contribution in [0.25, 0.3) is 5.69 Å². The third-order valence-electron chi connectivity index (χ3n) is 6.19. The van der Waals surface area contributed by atoms with Crippen molar-refractivity contribution in [3.63, 3.8) is 0 Å². The van der Waals surface area contributed by atoms with Crippen LogP contribution < -0.4 is 4.90 Å². The lowest BCUT2D eigenvalue weighted by Crippen LogP contribution is -2.31. The van der Waals surface area contributed by atoms with Crippen LogP contribution in [0.1, 0.15) is 61.2 Å². The van der Waals surface area contributed by atoms with Crippen LogP contribution in [-0.2, 0) is 6.18 Å². The summed E-state index contributed by atoms with van der Waals surface area (Å²) in [5, 5.41) is 4.57. The topological polar surface area (TPSA) is 34.0 Å². The standard InChI is InChI=1S/C25H27ClF4N4.ClH/c1-4-11-33(23(12-17-6-7-17)18-8-5-15(2)21(27)13-18)24-31-16(3)34(32-24)22-10-9-19(14-20(22)26)25(28,29)30;/h5,8-10,13-14,17,23H,4,6-7,11-12H2,1-3H3;1H. The summed E-state index contributed by atoms with van der Waals surface area (Å²) in [4.78, 5) is 6.71. The van der Waals surface area contributed by atoms with E-state index in [1.807, 2.05) is 13.0 Å². The number of hydrogen-bond acceptors (Lipinski definition) is 3. The van der Waals surface area contributed by atoms with E-state index in [9.17, 15) is 17.6 Å². The first-order valence-electron chi connectivity index (χ1n) is 11.4. The van der Waals surface area contributed by atoms with Crippen molar-refractivity contribution in [1.82, 2.24) is 14.8 Å². The van der Waals surface area contributed by atoms with Crippen molar-refractivity contribution in [3.05, 3.63) is 69.8 Å². The zero-order valence-corrected chi connectivity index (χ0v) is 21.3. The van der Waals surface area contributed by atoms with Gasteiger partial charge in [-0.05, 0) is 68.0 Å². The van der Waals surface area contributed by atoms with Crippen LogP contribution in [0.3, 0.4) is 0 Å². The molecule has 0 aliphatic heterocycles. The van der Waals surface area contributed by atoms with Gasteiger partial charge in [-0.1, -0.05) is 43.5 Å². The predicted molar refractivity (Wildman–Crippen MR) is 132 cm³/mol. The minimum absolute atomic E-state index is 0. The van der Waals surface area contributed by atoms with E-state index in [1.165, 1.54) is 10.7 Å². The number of rotatable bonds is 8. The molecule has 3 aromatic rings. The number of alkyl halides is 3. The Morgan fingerprint density at radius 2 is 1.86 bits per heavy atom. The average molecular weight is 531 g/mol. The molecule has 190 valence electrons. The van der Waals surface area contributed by atoms with Crippen LogP contribution in [0.15, 0.2) is 36.4 Å². The molecule has 1 aliphatic carbocycles. The summed E-state index contributed by atoms with van der Waals surface area (Å²) in [6.07, 6.45) is -0.511. The third kappa shape index (κ3) is 6.09. The molecule has 1 fully saturated rings. The highest BCUT2D eigenvalue weighted by molar-refractivity contribution is 6.32. The molecule has 35 heavy (non-hydrogen) atoms. The fourth-order valence-electron chi connectivity index (χ4n) is 4.15. The Labute approximate surface area is 213 Å². The smallest absolute Gasteiger partial charge is 0.332 e. The molecule has 10 heteroatoms. The van der Waals surface area contributed by atoms with Crippen molar-refractivity contribution in [3.8, 4) is 5.69 Å². The van der Waals surface area contributed by atoms with Crippen molar-refractivity contribution in [1.29, 1.82) is 0 Å². The van der Waals surface area contributed by atoms with Crippen molar-refractivity contribution in [2.75, 3.05) is 11.4 Å². The SMILES string of the molecule is CCCN(c1nc(C)n(-c2ccc(C(F)(F)F)cc2Cl)n1)C(CC1CC1)c1ccc(C)c(F)c1.Cl. The molecule has 2 aromatic carbocycles. The molecule has 0 N–H and O–H groups in total. The number of aryl methyl sites for hydroxylation is 2. The first-order valence-corrected chi connectivity index (χ1v) is 11.8. The van der Waals surface area contributed by atoms with Gasteiger partial charge in [-0.15, -0.1) is 17.5 Å². The molecule has 1 aliphatic rings. The van der Waals surface area contributed by atoms with E-state index in [-0.39, 0.29) is 29.3 Å². The number of halogens is 6. The predicted octanol–water partition coefficient (Wildman–Crippen LogP) is 7.88. The summed E-state index contributed by atoms with van der Waals surface area (Å²) in [5.74, 6) is 1.27. The lowest BCUT2D eigenvalue weighted by Gasteiger charge is -2.31. The van der Waals surface area contributed by atoms with E-state index >= 15 is 0 Å². The van der Waals surface area contributed by atoms with Gasteiger partial charge < -0.3 is 4.90 Å². The van der Waals surface area contributed by atoms with Gasteiger partial charge in [0.15, 0.2) is 0 Å². The van der Waals surface area contributed by atoms with Crippen molar-refractivity contribution in [2.24, 2.45) is 5.92 Å². The summed E-state index contributed by atoms with van der Waals surface area (Å²) in [6, 6.07) is 8.39. The number of aromatic nitrogens is 3. The van der Waals surface area contributed by atoms with Crippen LogP contribution in [0.2, 0.25) is 5.02 Å². The Balaban J connectivity index is 0.00000342. The Kier molecular flexibility index (Phi) is 8.37. The molecule has 0 saturated heterocycles. The summed E-state index contributed by atoms with van der Waals surface area (Å²) in [5.41, 5.74) is 0.955. The van der Waals surface area contributed by atoms with E-state index in [1.54, 1.807) is 26.0 Å². The number of hydrogen-bond donors (Lipinski definition) is 0. The second-order valence-corrected chi connectivity index (χ2v) is 9.34. The van der Waals surface area contributed by atoms with E-state index in [4.69, 9.17) is 11.6 Å². The first-order chi connectivity index (χ1) is 16.1. The van der Waals surface area contributed by atoms with Gasteiger partial charge in [0.25, 0.3) is 0 Å². The molecule has 1 atom stereocenters. The van der Waals surface area contributed by atoms with Crippen LogP contribution in [0.4, 0.5) is 23.5 Å². The normalized spacial score (nSPS) is 14.5. The zero-order valence-electron chi connectivity index (χ0n) is 19.7. The van der Waals surface area contributed by atoms with Gasteiger partial charge in [-0.3, -0.25) is 0 Å². The van der Waals surface area contributed by atoms with Gasteiger partial charge in [0.2, 0.25) is 5.95 Å². The van der Waals surface area contributed by atoms with E-state index in [0.29, 0.717) is 35.5 Å². The maximum atomic E-state index is 14.4. The Morgan fingerprint density at radius 3 is 2.43 bits per heavy atom. The Morgan fingerprint density at radius 1 is 1.14 bits per heavy atom. The average Bonchev–Trinajstić information content (AvgIpc) is 3.52. The van der Waals surface area contributed by atoms with Gasteiger partial charge in [0.1, 0.15) is 11.6 Å². The summed E-state index contributed by atoms with van der Waals surface area (Å²) >= 11 is 6.22. The molecule has 1 aromatic heterocycles. The Bertz CT molecular complexity index is 1170. The molecule has 0 bridgehead atoms. The quantitative estimate of drug-likeness (QED) is 0.278. The van der Waals surface area contributed by atoms with Crippen molar-refractivity contribution < 1.29 is 17.6 Å². The highest BCUT2D eigenvalue weighted by Crippen LogP contribution is 2.41.